The minimum atomic E-state index is -1.94. The third-order valence-electron chi connectivity index (χ3n) is 7.36. The Bertz CT molecular complexity index is 1930. The summed E-state index contributed by atoms with van der Waals surface area (Å²) in [5, 5.41) is 2.62. The average Bonchev–Trinajstić information content (AvgIpc) is 3.40. The Kier molecular flexibility index (Phi) is 9.73. The zero-order chi connectivity index (χ0) is 29.1. The largest absolute Gasteiger partial charge is 0.305 e. The van der Waals surface area contributed by atoms with Gasteiger partial charge in [0.15, 0.2) is 0 Å². The van der Waals surface area contributed by atoms with Gasteiger partial charge in [0.1, 0.15) is 0 Å². The number of pyridine rings is 2. The van der Waals surface area contributed by atoms with Gasteiger partial charge in [0.2, 0.25) is 0 Å². The summed E-state index contributed by atoms with van der Waals surface area (Å²) in [5.41, 5.74) is 7.75. The Morgan fingerprint density at radius 1 is 0.698 bits per heavy atom. The van der Waals surface area contributed by atoms with Gasteiger partial charge in [-0.25, -0.2) is 0 Å². The van der Waals surface area contributed by atoms with E-state index < -0.39 is 13.3 Å². The van der Waals surface area contributed by atoms with Crippen molar-refractivity contribution >= 4 is 49.2 Å². The first-order valence-electron chi connectivity index (χ1n) is 14.2. The predicted molar refractivity (Wildman–Crippen MR) is 183 cm³/mol. The molecule has 0 N–H and O–H groups in total. The molecule has 0 unspecified atom stereocenters. The van der Waals surface area contributed by atoms with E-state index in [1.54, 1.807) is 10.6 Å². The Balaban J connectivity index is 0.000000238. The van der Waals surface area contributed by atoms with Gasteiger partial charge in [-0.05, 0) is 11.8 Å². The molecule has 0 atom stereocenters. The molecular formula is C38H32GeIrN2S-2. The maximum absolute atomic E-state index is 4.85. The van der Waals surface area contributed by atoms with Gasteiger partial charge in [0.05, 0.1) is 0 Å². The third-order valence-corrected chi connectivity index (χ3v) is 13.2. The van der Waals surface area contributed by atoms with Crippen molar-refractivity contribution in [3.8, 4) is 33.6 Å². The zero-order valence-corrected chi connectivity index (χ0v) is 30.0. The molecule has 7 rings (SSSR count). The zero-order valence-electron chi connectivity index (χ0n) is 24.7. The van der Waals surface area contributed by atoms with Crippen LogP contribution in [0.3, 0.4) is 0 Å². The van der Waals surface area contributed by atoms with Crippen molar-refractivity contribution in [2.45, 2.75) is 24.2 Å². The van der Waals surface area contributed by atoms with Crippen LogP contribution in [0.25, 0.3) is 53.8 Å². The molecule has 0 aliphatic heterocycles. The molecule has 0 aliphatic carbocycles. The molecule has 5 heteroatoms. The molecule has 0 saturated heterocycles. The van der Waals surface area contributed by atoms with Gasteiger partial charge in [-0.2, -0.15) is 0 Å². The fraction of sp³-hybridized carbons (Fsp3) is 0.105. The van der Waals surface area contributed by atoms with Gasteiger partial charge in [-0.15, -0.1) is 35.9 Å². The number of thiophene rings is 1. The summed E-state index contributed by atoms with van der Waals surface area (Å²) in [6, 6.07) is 44.2. The number of hydrogen-bond donors (Lipinski definition) is 0. The number of nitrogens with zero attached hydrogens (tertiary/aromatic N) is 2. The van der Waals surface area contributed by atoms with E-state index in [-0.39, 0.29) is 20.1 Å². The molecule has 0 aliphatic rings. The van der Waals surface area contributed by atoms with Gasteiger partial charge >= 0.3 is 179 Å². The van der Waals surface area contributed by atoms with Gasteiger partial charge < -0.3 is 4.98 Å². The van der Waals surface area contributed by atoms with Crippen LogP contribution in [0.5, 0.6) is 0 Å². The van der Waals surface area contributed by atoms with Crippen LogP contribution in [0, 0.1) is 19.1 Å². The molecule has 7 aromatic rings. The molecule has 3 aromatic heterocycles. The quantitative estimate of drug-likeness (QED) is 0.131. The van der Waals surface area contributed by atoms with Crippen LogP contribution in [-0.2, 0) is 20.1 Å². The molecule has 0 saturated carbocycles. The maximum Gasteiger partial charge on any atom is 0.0160 e. The Labute approximate surface area is 274 Å². The van der Waals surface area contributed by atoms with Crippen molar-refractivity contribution in [3.63, 3.8) is 0 Å². The summed E-state index contributed by atoms with van der Waals surface area (Å²) in [4.78, 5) is 9.06. The Morgan fingerprint density at radius 3 is 2.21 bits per heavy atom. The van der Waals surface area contributed by atoms with E-state index in [9.17, 15) is 0 Å². The smallest absolute Gasteiger partial charge is 0.0160 e. The minimum Gasteiger partial charge on any atom is -0.305 e. The SMILES string of the molecule is Cc1c[c-]c(-c2cc3sc4[c]([Ge]([CH3])([CH3])[CH3])cccc4c3cn2)cc1-c1ccccc1.[Ir].[c-]1ccccc1-c1ccccn1. The molecule has 1 radical (unpaired) electrons. The second kappa shape index (κ2) is 13.5. The molecule has 0 amide bonds. The number of aromatic nitrogens is 2. The normalized spacial score (nSPS) is 11.1. The molecule has 0 bridgehead atoms. The Morgan fingerprint density at radius 2 is 1.49 bits per heavy atom. The van der Waals surface area contributed by atoms with E-state index in [0.717, 1.165) is 22.5 Å². The summed E-state index contributed by atoms with van der Waals surface area (Å²) in [6.45, 7) is 2.14. The van der Waals surface area contributed by atoms with Crippen LogP contribution in [0.2, 0.25) is 17.3 Å². The third kappa shape index (κ3) is 6.89. The minimum absolute atomic E-state index is 0. The van der Waals surface area contributed by atoms with Gasteiger partial charge in [0, 0.05) is 26.3 Å². The monoisotopic (exact) mass is 815 g/mol. The van der Waals surface area contributed by atoms with Gasteiger partial charge in [0.25, 0.3) is 0 Å². The van der Waals surface area contributed by atoms with Crippen molar-refractivity contribution in [1.29, 1.82) is 0 Å². The molecule has 3 heterocycles. The summed E-state index contributed by atoms with van der Waals surface area (Å²) in [6.07, 6.45) is 3.84. The number of rotatable bonds is 4. The van der Waals surface area contributed by atoms with E-state index in [1.165, 1.54) is 36.9 Å². The molecule has 215 valence electrons. The van der Waals surface area contributed by atoms with Crippen LogP contribution in [-0.4, -0.2) is 23.2 Å². The fourth-order valence-electron chi connectivity index (χ4n) is 5.15. The van der Waals surface area contributed by atoms with Gasteiger partial charge in [-0.1, -0.05) is 18.2 Å². The first kappa shape index (κ1) is 31.0. The fourth-order valence-corrected chi connectivity index (χ4v) is 11.1. The van der Waals surface area contributed by atoms with Crippen LogP contribution < -0.4 is 4.40 Å². The van der Waals surface area contributed by atoms with Crippen molar-refractivity contribution < 1.29 is 20.1 Å². The summed E-state index contributed by atoms with van der Waals surface area (Å²) in [5.74, 6) is 7.40. The van der Waals surface area contributed by atoms with Crippen molar-refractivity contribution in [3.05, 3.63) is 139 Å². The number of aryl methyl sites for hydroxylation is 1. The van der Waals surface area contributed by atoms with E-state index in [4.69, 9.17) is 4.98 Å². The van der Waals surface area contributed by atoms with E-state index in [2.05, 4.69) is 114 Å². The number of benzene rings is 4. The summed E-state index contributed by atoms with van der Waals surface area (Å²) < 4.78 is 4.35. The number of fused-ring (bicyclic) bond motifs is 3. The molecule has 0 spiro atoms. The average molecular weight is 814 g/mol. The first-order chi connectivity index (χ1) is 20.4. The van der Waals surface area contributed by atoms with Gasteiger partial charge in [-0.3, -0.25) is 0 Å². The standard InChI is InChI=1S/C27H24GeNS.C11H8N.Ir/c1-18-13-14-20(15-22(18)19-9-6-5-7-10-19)25-16-26-23(17-29-25)21-11-8-12-24(27(21)30-26)28(2,3)4;1-2-6-10(7-3-1)11-8-4-5-9-12-11;/h5-13,15-17H,1-4H3;1-6,8-9H;/q2*-1;. The number of hydrogen-bond acceptors (Lipinski definition) is 3. The van der Waals surface area contributed by atoms with Crippen LogP contribution in [0.15, 0.2) is 122 Å². The Hall–Kier alpha value is -3.41. The first-order valence-corrected chi connectivity index (χ1v) is 22.3. The summed E-state index contributed by atoms with van der Waals surface area (Å²) >= 11 is -0.0178. The molecule has 4 aromatic carbocycles. The van der Waals surface area contributed by atoms with Crippen LogP contribution >= 0.6 is 11.3 Å². The van der Waals surface area contributed by atoms with Crippen LogP contribution in [0.1, 0.15) is 5.56 Å². The summed E-state index contributed by atoms with van der Waals surface area (Å²) in [7, 11) is 0. The topological polar surface area (TPSA) is 25.8 Å². The molecule has 0 fully saturated rings. The predicted octanol–water partition coefficient (Wildman–Crippen LogP) is 9.98. The molecule has 43 heavy (non-hydrogen) atoms. The molecular weight excluding hydrogens is 781 g/mol. The van der Waals surface area contributed by atoms with Crippen molar-refractivity contribution in [1.82, 2.24) is 9.97 Å². The van der Waals surface area contributed by atoms with E-state index in [0.29, 0.717) is 0 Å². The second-order valence-corrected chi connectivity index (χ2v) is 23.0. The molecule has 2 nitrogen and oxygen atoms in total. The van der Waals surface area contributed by atoms with Crippen LogP contribution in [0.4, 0.5) is 0 Å². The van der Waals surface area contributed by atoms with Crippen molar-refractivity contribution in [2.75, 3.05) is 0 Å². The second-order valence-electron chi connectivity index (χ2n) is 11.4. The van der Waals surface area contributed by atoms with Crippen molar-refractivity contribution in [2.24, 2.45) is 0 Å². The maximum atomic E-state index is 4.85. The van der Waals surface area contributed by atoms with E-state index >= 15 is 0 Å². The van der Waals surface area contributed by atoms with E-state index in [1.807, 2.05) is 53.8 Å².